The van der Waals surface area contributed by atoms with Crippen molar-refractivity contribution < 1.29 is 9.90 Å². The van der Waals surface area contributed by atoms with Crippen LogP contribution in [-0.2, 0) is 4.79 Å². The zero-order valence-electron chi connectivity index (χ0n) is 14.8. The van der Waals surface area contributed by atoms with E-state index in [0.29, 0.717) is 5.75 Å². The molecule has 1 atom stereocenters. The van der Waals surface area contributed by atoms with Crippen molar-refractivity contribution in [3.8, 4) is 0 Å². The van der Waals surface area contributed by atoms with Crippen molar-refractivity contribution in [2.24, 2.45) is 5.92 Å². The largest absolute Gasteiger partial charge is 0.481 e. The van der Waals surface area contributed by atoms with E-state index in [1.54, 1.807) is 18.7 Å². The minimum atomic E-state index is -0.707. The zero-order valence-corrected chi connectivity index (χ0v) is 15.6. The van der Waals surface area contributed by atoms with Crippen LogP contribution in [0.5, 0.6) is 0 Å². The van der Waals surface area contributed by atoms with Crippen molar-refractivity contribution in [3.63, 3.8) is 0 Å². The summed E-state index contributed by atoms with van der Waals surface area (Å²) in [6, 6.07) is 0. The summed E-state index contributed by atoms with van der Waals surface area (Å²) in [5.41, 5.74) is 4.25. The standard InChI is InChI=1S/C19H32O2S/c1-15(2)8-6-9-16(3)10-7-11-17(4)12-13-22-14-18(5)19(20)21/h8,10,12,18H,6-7,9,11,13-14H2,1-5H3,(H,20,21). The Hall–Kier alpha value is -0.960. The molecule has 1 N–H and O–H groups in total. The van der Waals surface area contributed by atoms with Gasteiger partial charge in [0.25, 0.3) is 0 Å². The van der Waals surface area contributed by atoms with Gasteiger partial charge >= 0.3 is 5.97 Å². The van der Waals surface area contributed by atoms with Gasteiger partial charge in [0.1, 0.15) is 0 Å². The summed E-state index contributed by atoms with van der Waals surface area (Å²) in [4.78, 5) is 10.7. The summed E-state index contributed by atoms with van der Waals surface area (Å²) < 4.78 is 0. The molecule has 0 bridgehead atoms. The minimum Gasteiger partial charge on any atom is -0.481 e. The summed E-state index contributed by atoms with van der Waals surface area (Å²) in [7, 11) is 0. The van der Waals surface area contributed by atoms with Crippen LogP contribution in [0.3, 0.4) is 0 Å². The van der Waals surface area contributed by atoms with Crippen molar-refractivity contribution in [3.05, 3.63) is 34.9 Å². The lowest BCUT2D eigenvalue weighted by molar-refractivity contribution is -0.140. The number of carboxylic acids is 1. The highest BCUT2D eigenvalue weighted by Crippen LogP contribution is 2.13. The van der Waals surface area contributed by atoms with E-state index in [1.165, 1.54) is 16.7 Å². The van der Waals surface area contributed by atoms with Gasteiger partial charge in [0.05, 0.1) is 5.92 Å². The smallest absolute Gasteiger partial charge is 0.307 e. The fraction of sp³-hybridized carbons (Fsp3) is 0.632. The first-order valence-electron chi connectivity index (χ1n) is 8.08. The average molecular weight is 325 g/mol. The molecule has 0 heterocycles. The fourth-order valence-corrected chi connectivity index (χ4v) is 2.89. The Kier molecular flexibility index (Phi) is 12.0. The molecule has 0 saturated heterocycles. The van der Waals surface area contributed by atoms with Crippen LogP contribution in [0.2, 0.25) is 0 Å². The average Bonchev–Trinajstić information content (AvgIpc) is 2.42. The molecule has 2 nitrogen and oxygen atoms in total. The lowest BCUT2D eigenvalue weighted by Gasteiger charge is -2.04. The Bertz CT molecular complexity index is 415. The maximum atomic E-state index is 10.7. The lowest BCUT2D eigenvalue weighted by atomic mass is 10.1. The highest BCUT2D eigenvalue weighted by Gasteiger charge is 2.09. The molecule has 0 aliphatic heterocycles. The monoisotopic (exact) mass is 324 g/mol. The predicted octanol–water partition coefficient (Wildman–Crippen LogP) is 5.86. The summed E-state index contributed by atoms with van der Waals surface area (Å²) in [5.74, 6) is 0.627. The van der Waals surface area contributed by atoms with Crippen LogP contribution in [0, 0.1) is 5.92 Å². The maximum Gasteiger partial charge on any atom is 0.307 e. The van der Waals surface area contributed by atoms with Gasteiger partial charge in [-0.1, -0.05) is 41.9 Å². The van der Waals surface area contributed by atoms with Crippen LogP contribution in [0.1, 0.15) is 60.3 Å². The SMILES string of the molecule is CC(C)=CCCC(C)=CCCC(C)=CCSCC(C)C(=O)O. The number of rotatable bonds is 11. The highest BCUT2D eigenvalue weighted by atomic mass is 32.2. The fourth-order valence-electron chi connectivity index (χ4n) is 1.86. The highest BCUT2D eigenvalue weighted by molar-refractivity contribution is 7.99. The molecule has 0 aromatic carbocycles. The van der Waals surface area contributed by atoms with Crippen molar-refractivity contribution in [2.75, 3.05) is 11.5 Å². The van der Waals surface area contributed by atoms with Crippen molar-refractivity contribution >= 4 is 17.7 Å². The first-order valence-corrected chi connectivity index (χ1v) is 9.23. The van der Waals surface area contributed by atoms with Crippen molar-refractivity contribution in [1.82, 2.24) is 0 Å². The van der Waals surface area contributed by atoms with E-state index in [1.807, 2.05) is 0 Å². The van der Waals surface area contributed by atoms with E-state index in [2.05, 4.69) is 45.9 Å². The predicted molar refractivity (Wildman–Crippen MR) is 99.5 cm³/mol. The molecule has 0 saturated carbocycles. The van der Waals surface area contributed by atoms with Gasteiger partial charge < -0.3 is 5.11 Å². The number of hydrogen-bond acceptors (Lipinski definition) is 2. The molecule has 0 aromatic heterocycles. The van der Waals surface area contributed by atoms with Gasteiger partial charge in [-0.2, -0.15) is 11.8 Å². The topological polar surface area (TPSA) is 37.3 Å². The Morgan fingerprint density at radius 3 is 2.09 bits per heavy atom. The zero-order chi connectivity index (χ0) is 17.0. The van der Waals surface area contributed by atoms with Gasteiger partial charge in [-0.3, -0.25) is 4.79 Å². The minimum absolute atomic E-state index is 0.259. The van der Waals surface area contributed by atoms with Crippen LogP contribution in [0.25, 0.3) is 0 Å². The molecular weight excluding hydrogens is 292 g/mol. The van der Waals surface area contributed by atoms with Gasteiger partial charge in [0.2, 0.25) is 0 Å². The molecule has 126 valence electrons. The quantitative estimate of drug-likeness (QED) is 0.382. The van der Waals surface area contributed by atoms with E-state index in [0.717, 1.165) is 31.4 Å². The number of thioether (sulfide) groups is 1. The third-order valence-corrected chi connectivity index (χ3v) is 4.60. The number of hydrogen-bond donors (Lipinski definition) is 1. The molecule has 0 aliphatic carbocycles. The summed E-state index contributed by atoms with van der Waals surface area (Å²) in [6.07, 6.45) is 11.3. The Labute approximate surface area is 140 Å². The Morgan fingerprint density at radius 1 is 1.00 bits per heavy atom. The van der Waals surface area contributed by atoms with Crippen LogP contribution in [0.4, 0.5) is 0 Å². The summed E-state index contributed by atoms with van der Waals surface area (Å²) in [6.45, 7) is 10.4. The molecule has 0 rings (SSSR count). The molecule has 3 heteroatoms. The molecular formula is C19H32O2S. The summed E-state index contributed by atoms with van der Waals surface area (Å²) >= 11 is 1.69. The van der Waals surface area contributed by atoms with Crippen molar-refractivity contribution in [1.29, 1.82) is 0 Å². The summed E-state index contributed by atoms with van der Waals surface area (Å²) in [5, 5.41) is 8.81. The normalized spacial score (nSPS) is 13.9. The van der Waals surface area contributed by atoms with E-state index in [9.17, 15) is 4.79 Å². The van der Waals surface area contributed by atoms with Crippen LogP contribution in [-0.4, -0.2) is 22.6 Å². The molecule has 0 amide bonds. The molecule has 1 unspecified atom stereocenters. The number of aliphatic carboxylic acids is 1. The maximum absolute atomic E-state index is 10.7. The second kappa shape index (κ2) is 12.6. The molecule has 0 fully saturated rings. The molecule has 0 spiro atoms. The van der Waals surface area contributed by atoms with E-state index in [-0.39, 0.29) is 5.92 Å². The number of carbonyl (C=O) groups is 1. The molecule has 22 heavy (non-hydrogen) atoms. The number of carboxylic acid groups (broad SMARTS) is 1. The van der Waals surface area contributed by atoms with Gasteiger partial charge in [0, 0.05) is 11.5 Å². The van der Waals surface area contributed by atoms with Gasteiger partial charge in [0.15, 0.2) is 0 Å². The Morgan fingerprint density at radius 2 is 1.55 bits per heavy atom. The second-order valence-electron chi connectivity index (χ2n) is 6.24. The van der Waals surface area contributed by atoms with Crippen LogP contribution < -0.4 is 0 Å². The van der Waals surface area contributed by atoms with Crippen molar-refractivity contribution in [2.45, 2.75) is 60.3 Å². The molecule has 0 aromatic rings. The Balaban J connectivity index is 3.87. The second-order valence-corrected chi connectivity index (χ2v) is 7.31. The lowest BCUT2D eigenvalue weighted by Crippen LogP contribution is -2.11. The molecule has 0 radical (unpaired) electrons. The van der Waals surface area contributed by atoms with Crippen LogP contribution in [0.15, 0.2) is 34.9 Å². The van der Waals surface area contributed by atoms with Gasteiger partial charge in [-0.15, -0.1) is 0 Å². The number of allylic oxidation sites excluding steroid dienone is 5. The van der Waals surface area contributed by atoms with Crippen LogP contribution >= 0.6 is 11.8 Å². The first kappa shape index (κ1) is 21.0. The third kappa shape index (κ3) is 12.8. The molecule has 0 aliphatic rings. The van der Waals surface area contributed by atoms with E-state index >= 15 is 0 Å². The van der Waals surface area contributed by atoms with E-state index in [4.69, 9.17) is 5.11 Å². The van der Waals surface area contributed by atoms with E-state index < -0.39 is 5.97 Å². The third-order valence-electron chi connectivity index (χ3n) is 3.46. The first-order chi connectivity index (χ1) is 10.3. The van der Waals surface area contributed by atoms with Gasteiger partial charge in [-0.25, -0.2) is 0 Å². The van der Waals surface area contributed by atoms with Gasteiger partial charge in [-0.05, 0) is 53.4 Å².